The third-order valence-electron chi connectivity index (χ3n) is 6.32. The molecule has 0 aliphatic rings. The zero-order chi connectivity index (χ0) is 23.4. The topological polar surface area (TPSA) is 74.6 Å². The summed E-state index contributed by atoms with van der Waals surface area (Å²) in [6, 6.07) is 6.70. The van der Waals surface area contributed by atoms with Gasteiger partial charge >= 0.3 is 11.9 Å². The molecular weight excluding hydrogens is 400 g/mol. The number of carbonyl (C=O) groups is 2. The Kier molecular flexibility index (Phi) is 16.5. The number of carboxylic acid groups (broad SMARTS) is 2. The van der Waals surface area contributed by atoms with Crippen molar-refractivity contribution < 1.29 is 19.8 Å². The van der Waals surface area contributed by atoms with Crippen molar-refractivity contribution in [1.82, 2.24) is 0 Å². The molecule has 0 saturated carbocycles. The number of aryl methyl sites for hydroxylation is 2. The average molecular weight is 447 g/mol. The van der Waals surface area contributed by atoms with Crippen LogP contribution in [-0.4, -0.2) is 22.2 Å². The van der Waals surface area contributed by atoms with Gasteiger partial charge in [0.1, 0.15) is 0 Å². The highest BCUT2D eigenvalue weighted by Crippen LogP contribution is 2.23. The lowest BCUT2D eigenvalue weighted by Crippen LogP contribution is -2.03. The molecule has 4 heteroatoms. The standard InChI is InChI=1S/C28H46O4/c1-2-3-4-5-6-7-8-11-17-24-19-16-20-25(18-12-9-14-22-27(29)30)26(24)21-13-10-15-23-28(31)32/h16,19-20H,2-15,17-18,21-23H2,1H3,(H,29,30)(H,31,32). The van der Waals surface area contributed by atoms with Gasteiger partial charge in [-0.15, -0.1) is 0 Å². The van der Waals surface area contributed by atoms with Crippen LogP contribution in [0, 0.1) is 0 Å². The molecule has 0 fully saturated rings. The molecule has 32 heavy (non-hydrogen) atoms. The van der Waals surface area contributed by atoms with E-state index in [4.69, 9.17) is 10.2 Å². The minimum atomic E-state index is -0.709. The molecule has 1 rings (SSSR count). The number of rotatable bonds is 21. The van der Waals surface area contributed by atoms with E-state index in [0.717, 1.165) is 57.8 Å². The van der Waals surface area contributed by atoms with Crippen molar-refractivity contribution >= 4 is 11.9 Å². The van der Waals surface area contributed by atoms with E-state index in [-0.39, 0.29) is 12.8 Å². The normalized spacial score (nSPS) is 11.0. The Hall–Kier alpha value is -1.84. The fraction of sp³-hybridized carbons (Fsp3) is 0.714. The van der Waals surface area contributed by atoms with Gasteiger partial charge in [-0.1, -0.05) is 82.9 Å². The highest BCUT2D eigenvalue weighted by atomic mass is 16.4. The van der Waals surface area contributed by atoms with Crippen LogP contribution < -0.4 is 0 Å². The van der Waals surface area contributed by atoms with Crippen molar-refractivity contribution in [2.24, 2.45) is 0 Å². The molecule has 1 aromatic rings. The maximum absolute atomic E-state index is 10.8. The molecule has 0 aliphatic carbocycles. The predicted octanol–water partition coefficient (Wildman–Crippen LogP) is 7.74. The molecule has 182 valence electrons. The first kappa shape index (κ1) is 28.2. The minimum absolute atomic E-state index is 0.259. The molecule has 0 atom stereocenters. The van der Waals surface area contributed by atoms with Crippen LogP contribution in [0.3, 0.4) is 0 Å². The van der Waals surface area contributed by atoms with Crippen LogP contribution in [0.15, 0.2) is 18.2 Å². The highest BCUT2D eigenvalue weighted by Gasteiger charge is 2.09. The van der Waals surface area contributed by atoms with Crippen LogP contribution in [0.25, 0.3) is 0 Å². The Morgan fingerprint density at radius 1 is 0.594 bits per heavy atom. The van der Waals surface area contributed by atoms with Gasteiger partial charge in [-0.3, -0.25) is 9.59 Å². The van der Waals surface area contributed by atoms with Gasteiger partial charge in [0.2, 0.25) is 0 Å². The number of hydrogen-bond donors (Lipinski definition) is 2. The fourth-order valence-electron chi connectivity index (χ4n) is 4.45. The Balaban J connectivity index is 2.56. The predicted molar refractivity (Wildman–Crippen MR) is 132 cm³/mol. The van der Waals surface area contributed by atoms with Crippen LogP contribution in [0.1, 0.15) is 126 Å². The molecular formula is C28H46O4. The van der Waals surface area contributed by atoms with Gasteiger partial charge in [0.05, 0.1) is 0 Å². The largest absolute Gasteiger partial charge is 0.481 e. The second-order valence-corrected chi connectivity index (χ2v) is 9.19. The summed E-state index contributed by atoms with van der Waals surface area (Å²) in [6.07, 6.45) is 19.8. The second-order valence-electron chi connectivity index (χ2n) is 9.19. The van der Waals surface area contributed by atoms with E-state index in [1.807, 2.05) is 0 Å². The average Bonchev–Trinajstić information content (AvgIpc) is 2.75. The lowest BCUT2D eigenvalue weighted by atomic mass is 9.90. The summed E-state index contributed by atoms with van der Waals surface area (Å²) in [4.78, 5) is 21.5. The van der Waals surface area contributed by atoms with Gasteiger partial charge < -0.3 is 10.2 Å². The summed E-state index contributed by atoms with van der Waals surface area (Å²) in [7, 11) is 0. The Morgan fingerprint density at radius 2 is 1.00 bits per heavy atom. The maximum atomic E-state index is 10.8. The van der Waals surface area contributed by atoms with Gasteiger partial charge in [0.15, 0.2) is 0 Å². The van der Waals surface area contributed by atoms with Crippen LogP contribution in [0.4, 0.5) is 0 Å². The number of hydrogen-bond acceptors (Lipinski definition) is 2. The molecule has 0 aromatic heterocycles. The number of unbranched alkanes of at least 4 members (excludes halogenated alkanes) is 11. The molecule has 0 heterocycles. The second kappa shape index (κ2) is 18.7. The molecule has 4 nitrogen and oxygen atoms in total. The monoisotopic (exact) mass is 446 g/mol. The van der Waals surface area contributed by atoms with E-state index in [1.54, 1.807) is 0 Å². The van der Waals surface area contributed by atoms with E-state index in [1.165, 1.54) is 68.1 Å². The molecule has 2 N–H and O–H groups in total. The molecule has 0 unspecified atom stereocenters. The molecule has 0 radical (unpaired) electrons. The van der Waals surface area contributed by atoms with Crippen molar-refractivity contribution in [3.63, 3.8) is 0 Å². The van der Waals surface area contributed by atoms with Gasteiger partial charge in [-0.05, 0) is 68.1 Å². The summed E-state index contributed by atoms with van der Waals surface area (Å²) in [5, 5.41) is 17.7. The SMILES string of the molecule is CCCCCCCCCCc1cccc(CCCCCC(=O)O)c1CCCCCC(=O)O. The minimum Gasteiger partial charge on any atom is -0.481 e. The Morgan fingerprint density at radius 3 is 1.47 bits per heavy atom. The number of carboxylic acids is 2. The summed E-state index contributed by atoms with van der Waals surface area (Å²) >= 11 is 0. The van der Waals surface area contributed by atoms with Crippen molar-refractivity contribution in [2.75, 3.05) is 0 Å². The van der Waals surface area contributed by atoms with Gasteiger partial charge in [-0.2, -0.15) is 0 Å². The summed E-state index contributed by atoms with van der Waals surface area (Å²) in [6.45, 7) is 2.26. The van der Waals surface area contributed by atoms with Gasteiger partial charge in [0, 0.05) is 12.8 Å². The van der Waals surface area contributed by atoms with Crippen LogP contribution in [0.5, 0.6) is 0 Å². The first-order valence-electron chi connectivity index (χ1n) is 13.1. The lowest BCUT2D eigenvalue weighted by molar-refractivity contribution is -0.138. The van der Waals surface area contributed by atoms with Crippen molar-refractivity contribution in [1.29, 1.82) is 0 Å². The molecule has 0 bridgehead atoms. The number of aliphatic carboxylic acids is 2. The molecule has 0 aliphatic heterocycles. The van der Waals surface area contributed by atoms with E-state index in [9.17, 15) is 9.59 Å². The maximum Gasteiger partial charge on any atom is 0.303 e. The number of benzene rings is 1. The highest BCUT2D eigenvalue weighted by molar-refractivity contribution is 5.66. The van der Waals surface area contributed by atoms with Crippen molar-refractivity contribution in [3.8, 4) is 0 Å². The van der Waals surface area contributed by atoms with Gasteiger partial charge in [0.25, 0.3) is 0 Å². The van der Waals surface area contributed by atoms with Crippen LogP contribution >= 0.6 is 0 Å². The Labute approximate surface area is 195 Å². The van der Waals surface area contributed by atoms with E-state index in [0.29, 0.717) is 0 Å². The van der Waals surface area contributed by atoms with Crippen molar-refractivity contribution in [2.45, 2.75) is 129 Å². The van der Waals surface area contributed by atoms with E-state index >= 15 is 0 Å². The third-order valence-corrected chi connectivity index (χ3v) is 6.32. The smallest absolute Gasteiger partial charge is 0.303 e. The first-order chi connectivity index (χ1) is 15.5. The lowest BCUT2D eigenvalue weighted by Gasteiger charge is -2.15. The zero-order valence-corrected chi connectivity index (χ0v) is 20.4. The van der Waals surface area contributed by atoms with Crippen LogP contribution in [0.2, 0.25) is 0 Å². The summed E-state index contributed by atoms with van der Waals surface area (Å²) < 4.78 is 0. The van der Waals surface area contributed by atoms with Crippen LogP contribution in [-0.2, 0) is 28.9 Å². The molecule has 0 amide bonds. The molecule has 0 saturated heterocycles. The van der Waals surface area contributed by atoms with Gasteiger partial charge in [-0.25, -0.2) is 0 Å². The molecule has 0 spiro atoms. The molecule has 1 aromatic carbocycles. The van der Waals surface area contributed by atoms with E-state index < -0.39 is 11.9 Å². The first-order valence-corrected chi connectivity index (χ1v) is 13.1. The zero-order valence-electron chi connectivity index (χ0n) is 20.4. The quantitative estimate of drug-likeness (QED) is 0.189. The fourth-order valence-corrected chi connectivity index (χ4v) is 4.45. The Bertz CT molecular complexity index is 638. The summed E-state index contributed by atoms with van der Waals surface area (Å²) in [5.41, 5.74) is 4.36. The van der Waals surface area contributed by atoms with Crippen molar-refractivity contribution in [3.05, 3.63) is 34.9 Å². The van der Waals surface area contributed by atoms with E-state index in [2.05, 4.69) is 25.1 Å². The third kappa shape index (κ3) is 14.3. The summed E-state index contributed by atoms with van der Waals surface area (Å²) in [5.74, 6) is -1.42.